The topological polar surface area (TPSA) is 43.4 Å². The monoisotopic (exact) mass is 436 g/mol. The van der Waals surface area contributed by atoms with Gasteiger partial charge in [0.15, 0.2) is 0 Å². The van der Waals surface area contributed by atoms with E-state index in [0.29, 0.717) is 30.6 Å². The zero-order valence-electron chi connectivity index (χ0n) is 16.9. The van der Waals surface area contributed by atoms with Crippen LogP contribution in [0.5, 0.6) is 11.6 Å². The summed E-state index contributed by atoms with van der Waals surface area (Å²) in [4.78, 5) is 4.15. The van der Waals surface area contributed by atoms with Crippen molar-refractivity contribution in [1.29, 1.82) is 0 Å². The summed E-state index contributed by atoms with van der Waals surface area (Å²) in [6.07, 6.45) is 1.70. The Kier molecular flexibility index (Phi) is 6.97. The molecule has 0 saturated carbocycles. The fourth-order valence-corrected chi connectivity index (χ4v) is 3.52. The van der Waals surface area contributed by atoms with E-state index in [9.17, 15) is 4.39 Å². The number of aromatic nitrogens is 1. The third-order valence-electron chi connectivity index (χ3n) is 4.86. The highest BCUT2D eigenvalue weighted by atomic mass is 35.5. The first-order valence-electron chi connectivity index (χ1n) is 10.0. The van der Waals surface area contributed by atoms with Crippen molar-refractivity contribution in [3.8, 4) is 11.6 Å². The first-order valence-corrected chi connectivity index (χ1v) is 10.4. The molecular weight excluding hydrogens is 415 g/mol. The number of hydrogen-bond donors (Lipinski definition) is 1. The van der Waals surface area contributed by atoms with Gasteiger partial charge in [-0.15, -0.1) is 0 Å². The van der Waals surface area contributed by atoms with Crippen molar-refractivity contribution in [3.05, 3.63) is 101 Å². The average molecular weight is 437 g/mol. The summed E-state index contributed by atoms with van der Waals surface area (Å²) in [5, 5.41) is 6.02. The number of ether oxygens (including phenoxy) is 2. The van der Waals surface area contributed by atoms with Gasteiger partial charge in [0.1, 0.15) is 24.8 Å². The van der Waals surface area contributed by atoms with Crippen LogP contribution < -0.4 is 14.8 Å². The minimum atomic E-state index is -0.364. The van der Waals surface area contributed by atoms with Gasteiger partial charge in [0, 0.05) is 36.5 Å². The number of nitrogens with one attached hydrogen (secondary N) is 1. The lowest BCUT2D eigenvalue weighted by Crippen LogP contribution is -2.21. The van der Waals surface area contributed by atoms with Crippen LogP contribution in [0.2, 0.25) is 5.02 Å². The number of fused-ring (bicyclic) bond motifs is 1. The number of benzene rings is 3. The molecular formula is C25H22ClFN2O2. The van der Waals surface area contributed by atoms with E-state index in [-0.39, 0.29) is 12.4 Å². The fraction of sp³-hybridized carbons (Fsp3) is 0.160. The number of hydrogen-bond acceptors (Lipinski definition) is 4. The Morgan fingerprint density at radius 2 is 1.81 bits per heavy atom. The van der Waals surface area contributed by atoms with Crippen LogP contribution in [0.3, 0.4) is 0 Å². The molecule has 1 aromatic heterocycles. The summed E-state index contributed by atoms with van der Waals surface area (Å²) in [5.74, 6) is 1.00. The second kappa shape index (κ2) is 10.2. The van der Waals surface area contributed by atoms with Gasteiger partial charge in [-0.25, -0.2) is 9.37 Å². The maximum atomic E-state index is 13.3. The third kappa shape index (κ3) is 5.51. The summed E-state index contributed by atoms with van der Waals surface area (Å²) < 4.78 is 25.0. The molecule has 1 heterocycles. The van der Waals surface area contributed by atoms with Gasteiger partial charge in [0.2, 0.25) is 5.88 Å². The van der Waals surface area contributed by atoms with E-state index in [2.05, 4.69) is 22.4 Å². The van der Waals surface area contributed by atoms with Crippen LogP contribution in [-0.4, -0.2) is 18.1 Å². The highest BCUT2D eigenvalue weighted by Gasteiger charge is 2.10. The molecule has 6 heteroatoms. The maximum Gasteiger partial charge on any atom is 0.213 e. The van der Waals surface area contributed by atoms with Crippen molar-refractivity contribution in [2.24, 2.45) is 0 Å². The highest BCUT2D eigenvalue weighted by Crippen LogP contribution is 2.29. The molecule has 0 unspecified atom stereocenters. The third-order valence-corrected chi connectivity index (χ3v) is 5.22. The molecule has 1 N–H and O–H groups in total. The number of rotatable bonds is 9. The van der Waals surface area contributed by atoms with Crippen LogP contribution >= 0.6 is 11.6 Å². The average Bonchev–Trinajstić information content (AvgIpc) is 2.79. The molecule has 4 nitrogen and oxygen atoms in total. The van der Waals surface area contributed by atoms with Crippen LogP contribution in [0.25, 0.3) is 10.8 Å². The lowest BCUT2D eigenvalue weighted by atomic mass is 10.0. The van der Waals surface area contributed by atoms with Crippen molar-refractivity contribution in [1.82, 2.24) is 10.3 Å². The molecule has 3 aromatic carbocycles. The summed E-state index contributed by atoms with van der Waals surface area (Å²) in [6.45, 7) is 2.03. The normalized spacial score (nSPS) is 10.9. The van der Waals surface area contributed by atoms with Crippen LogP contribution in [0.1, 0.15) is 11.1 Å². The minimum Gasteiger partial charge on any atom is -0.488 e. The van der Waals surface area contributed by atoms with E-state index in [0.717, 1.165) is 27.6 Å². The van der Waals surface area contributed by atoms with Crippen molar-refractivity contribution >= 4 is 22.4 Å². The molecule has 0 radical (unpaired) electrons. The number of halogens is 2. The molecule has 158 valence electrons. The predicted molar refractivity (Wildman–Crippen MR) is 121 cm³/mol. The maximum absolute atomic E-state index is 13.3. The molecule has 0 aliphatic rings. The second-order valence-electron chi connectivity index (χ2n) is 6.98. The Labute approximate surface area is 185 Å². The van der Waals surface area contributed by atoms with Gasteiger partial charge in [0.05, 0.1) is 5.02 Å². The second-order valence-corrected chi connectivity index (χ2v) is 7.39. The largest absolute Gasteiger partial charge is 0.488 e. The Morgan fingerprint density at radius 1 is 0.935 bits per heavy atom. The van der Waals surface area contributed by atoms with E-state index in [1.54, 1.807) is 12.3 Å². The van der Waals surface area contributed by atoms with E-state index < -0.39 is 0 Å². The molecule has 0 saturated heterocycles. The molecule has 0 aliphatic heterocycles. The quantitative estimate of drug-likeness (QED) is 0.338. The molecule has 31 heavy (non-hydrogen) atoms. The first-order chi connectivity index (χ1) is 15.2. The Bertz CT molecular complexity index is 1150. The molecule has 0 spiro atoms. The molecule has 4 rings (SSSR count). The van der Waals surface area contributed by atoms with Crippen LogP contribution in [0.4, 0.5) is 4.39 Å². The van der Waals surface area contributed by atoms with Gasteiger partial charge in [-0.05, 0) is 35.0 Å². The smallest absolute Gasteiger partial charge is 0.213 e. The molecule has 0 amide bonds. The van der Waals surface area contributed by atoms with Crippen LogP contribution in [-0.2, 0) is 13.2 Å². The summed E-state index contributed by atoms with van der Waals surface area (Å²) >= 11 is 6.15. The first kappa shape index (κ1) is 21.1. The van der Waals surface area contributed by atoms with Gasteiger partial charge in [-0.2, -0.15) is 0 Å². The van der Waals surface area contributed by atoms with E-state index in [1.807, 2.05) is 42.5 Å². The molecule has 4 aromatic rings. The number of nitrogens with zero attached hydrogens (tertiary/aromatic N) is 1. The van der Waals surface area contributed by atoms with Crippen molar-refractivity contribution < 1.29 is 13.9 Å². The van der Waals surface area contributed by atoms with Gasteiger partial charge in [-0.1, -0.05) is 54.1 Å². The minimum absolute atomic E-state index is 0.257. The predicted octanol–water partition coefficient (Wildman–Crippen LogP) is 5.77. The van der Waals surface area contributed by atoms with Gasteiger partial charge < -0.3 is 14.8 Å². The molecule has 0 aliphatic carbocycles. The fourth-order valence-electron chi connectivity index (χ4n) is 3.30. The van der Waals surface area contributed by atoms with Gasteiger partial charge >= 0.3 is 0 Å². The van der Waals surface area contributed by atoms with Crippen molar-refractivity contribution in [3.63, 3.8) is 0 Å². The Morgan fingerprint density at radius 3 is 2.65 bits per heavy atom. The highest BCUT2D eigenvalue weighted by molar-refractivity contribution is 6.31. The van der Waals surface area contributed by atoms with Gasteiger partial charge in [-0.3, -0.25) is 0 Å². The molecule has 0 bridgehead atoms. The summed E-state index contributed by atoms with van der Waals surface area (Å²) in [5.41, 5.74) is 1.79. The van der Waals surface area contributed by atoms with Gasteiger partial charge in [0.25, 0.3) is 0 Å². The standard InChI is InChI=1S/C25H22ClFN2O2/c26-23-15-20(27)10-8-19(23)17-31-24-11-9-18-5-1-2-6-21(18)22(24)16-28-13-14-30-25-7-3-4-12-29-25/h1-12,15,28H,13-14,16-17H2. The molecule has 0 atom stereocenters. The van der Waals surface area contributed by atoms with Crippen LogP contribution in [0.15, 0.2) is 79.0 Å². The van der Waals surface area contributed by atoms with Crippen molar-refractivity contribution in [2.75, 3.05) is 13.2 Å². The lowest BCUT2D eigenvalue weighted by molar-refractivity contribution is 0.295. The molecule has 0 fully saturated rings. The van der Waals surface area contributed by atoms with E-state index in [1.165, 1.54) is 12.1 Å². The summed E-state index contributed by atoms with van der Waals surface area (Å²) in [6, 6.07) is 22.1. The van der Waals surface area contributed by atoms with Crippen LogP contribution in [0, 0.1) is 5.82 Å². The number of pyridine rings is 1. The zero-order valence-corrected chi connectivity index (χ0v) is 17.6. The summed E-state index contributed by atoms with van der Waals surface area (Å²) in [7, 11) is 0. The van der Waals surface area contributed by atoms with E-state index in [4.69, 9.17) is 21.1 Å². The van der Waals surface area contributed by atoms with Crippen molar-refractivity contribution in [2.45, 2.75) is 13.2 Å². The Balaban J connectivity index is 1.44. The Hall–Kier alpha value is -3.15. The lowest BCUT2D eigenvalue weighted by Gasteiger charge is -2.16. The SMILES string of the molecule is Fc1ccc(COc2ccc3ccccc3c2CNCCOc2ccccn2)c(Cl)c1. The zero-order chi connectivity index (χ0) is 21.5. The van der Waals surface area contributed by atoms with E-state index >= 15 is 0 Å².